The van der Waals surface area contributed by atoms with E-state index in [1.807, 2.05) is 62.6 Å². The Bertz CT molecular complexity index is 887. The van der Waals surface area contributed by atoms with Gasteiger partial charge in [-0.15, -0.1) is 0 Å². The first kappa shape index (κ1) is 24.9. The molecule has 2 aliphatic carbocycles. The highest BCUT2D eigenvalue weighted by Gasteiger charge is 2.42. The molecular formula is C26H32Cl2N2O2. The highest BCUT2D eigenvalue weighted by Crippen LogP contribution is 2.38. The quantitative estimate of drug-likeness (QED) is 0.587. The minimum atomic E-state index is -0.559. The second kappa shape index (κ2) is 10.9. The van der Waals surface area contributed by atoms with Gasteiger partial charge in [-0.2, -0.15) is 0 Å². The van der Waals surface area contributed by atoms with Gasteiger partial charge < -0.3 is 10.6 Å². The Morgan fingerprint density at radius 3 is 1.34 bits per heavy atom. The smallest absolute Gasteiger partial charge is 0.157 e. The van der Waals surface area contributed by atoms with Crippen LogP contribution in [0.15, 0.2) is 48.5 Å². The average Bonchev–Trinajstić information content (AvgIpc) is 2.82. The first-order valence-corrected chi connectivity index (χ1v) is 12.1. The number of Topliss-reactive ketones (excluding diaryl/α,β-unsaturated/α-hetero) is 2. The van der Waals surface area contributed by atoms with Gasteiger partial charge in [-0.1, -0.05) is 72.4 Å². The highest BCUT2D eigenvalue weighted by molar-refractivity contribution is 6.32. The zero-order valence-corrected chi connectivity index (χ0v) is 20.4. The van der Waals surface area contributed by atoms with E-state index in [4.69, 9.17) is 23.2 Å². The molecule has 2 fully saturated rings. The molecule has 4 nitrogen and oxygen atoms in total. The normalized spacial score (nSPS) is 25.8. The van der Waals surface area contributed by atoms with Crippen molar-refractivity contribution >= 4 is 34.8 Å². The van der Waals surface area contributed by atoms with Crippen LogP contribution < -0.4 is 10.6 Å². The molecule has 0 bridgehead atoms. The fraction of sp³-hybridized carbons (Fsp3) is 0.462. The van der Waals surface area contributed by atoms with E-state index in [1.54, 1.807) is 0 Å². The van der Waals surface area contributed by atoms with Crippen molar-refractivity contribution in [2.45, 2.75) is 62.4 Å². The van der Waals surface area contributed by atoms with Gasteiger partial charge in [0.15, 0.2) is 11.6 Å². The van der Waals surface area contributed by atoms with Crippen LogP contribution in [-0.4, -0.2) is 25.7 Å². The summed E-state index contributed by atoms with van der Waals surface area (Å²) < 4.78 is 0. The SMILES string of the molecule is CNC1(c2ccccc2Cl)CCCCC1=O.CNC1(c2ccccc2Cl)CCCCC1=O. The summed E-state index contributed by atoms with van der Waals surface area (Å²) in [5, 5.41) is 7.73. The Kier molecular flexibility index (Phi) is 8.51. The number of halogens is 2. The lowest BCUT2D eigenvalue weighted by Crippen LogP contribution is -2.49. The van der Waals surface area contributed by atoms with E-state index in [2.05, 4.69) is 10.6 Å². The number of hydrogen-bond donors (Lipinski definition) is 2. The van der Waals surface area contributed by atoms with Crippen molar-refractivity contribution in [2.75, 3.05) is 14.1 Å². The molecule has 2 unspecified atom stereocenters. The van der Waals surface area contributed by atoms with Crippen LogP contribution in [0.1, 0.15) is 62.5 Å². The maximum absolute atomic E-state index is 12.2. The number of benzene rings is 2. The zero-order valence-electron chi connectivity index (χ0n) is 18.8. The van der Waals surface area contributed by atoms with Gasteiger partial charge in [0.25, 0.3) is 0 Å². The summed E-state index contributed by atoms with van der Waals surface area (Å²) in [6.45, 7) is 0. The van der Waals surface area contributed by atoms with E-state index in [0.717, 1.165) is 49.7 Å². The molecule has 2 saturated carbocycles. The summed E-state index contributed by atoms with van der Waals surface area (Å²) in [5.41, 5.74) is 0.723. The van der Waals surface area contributed by atoms with Crippen LogP contribution >= 0.6 is 23.2 Å². The van der Waals surface area contributed by atoms with Gasteiger partial charge in [0, 0.05) is 22.9 Å². The zero-order chi connectivity index (χ0) is 23.2. The molecule has 2 aromatic carbocycles. The third kappa shape index (κ3) is 4.79. The highest BCUT2D eigenvalue weighted by atomic mass is 35.5. The average molecular weight is 475 g/mol. The molecule has 0 saturated heterocycles. The standard InChI is InChI=1S/2C13H16ClNO/c2*1-15-13(9-5-4-8-12(13)16)10-6-2-3-7-11(10)14/h2*2-3,6-7,15H,4-5,8-9H2,1H3. The van der Waals surface area contributed by atoms with Crippen molar-refractivity contribution in [3.8, 4) is 0 Å². The van der Waals surface area contributed by atoms with Crippen LogP contribution in [0.25, 0.3) is 0 Å². The first-order chi connectivity index (χ1) is 15.4. The Balaban J connectivity index is 0.000000181. The topological polar surface area (TPSA) is 58.2 Å². The Morgan fingerprint density at radius 2 is 1.03 bits per heavy atom. The molecule has 0 heterocycles. The minimum absolute atomic E-state index is 0.259. The summed E-state index contributed by atoms with van der Waals surface area (Å²) in [6, 6.07) is 15.2. The molecule has 0 spiro atoms. The predicted molar refractivity (Wildman–Crippen MR) is 131 cm³/mol. The molecule has 0 aromatic heterocycles. The number of carbonyl (C=O) groups excluding carboxylic acids is 2. The van der Waals surface area contributed by atoms with Gasteiger partial charge in [-0.3, -0.25) is 9.59 Å². The van der Waals surface area contributed by atoms with Gasteiger partial charge in [-0.05, 0) is 63.0 Å². The van der Waals surface area contributed by atoms with Crippen LogP contribution in [0.5, 0.6) is 0 Å². The maximum Gasteiger partial charge on any atom is 0.157 e. The van der Waals surface area contributed by atoms with E-state index in [-0.39, 0.29) is 11.6 Å². The van der Waals surface area contributed by atoms with Gasteiger partial charge in [0.1, 0.15) is 11.1 Å². The Hall–Kier alpha value is -1.72. The number of rotatable bonds is 4. The molecule has 2 aliphatic rings. The lowest BCUT2D eigenvalue weighted by molar-refractivity contribution is -0.128. The van der Waals surface area contributed by atoms with E-state index in [0.29, 0.717) is 22.9 Å². The molecule has 172 valence electrons. The van der Waals surface area contributed by atoms with E-state index >= 15 is 0 Å². The van der Waals surface area contributed by atoms with Gasteiger partial charge in [0.2, 0.25) is 0 Å². The van der Waals surface area contributed by atoms with Crippen molar-refractivity contribution in [1.29, 1.82) is 0 Å². The van der Waals surface area contributed by atoms with Crippen LogP contribution in [0.3, 0.4) is 0 Å². The van der Waals surface area contributed by atoms with Crippen LogP contribution in [-0.2, 0) is 20.7 Å². The monoisotopic (exact) mass is 474 g/mol. The number of nitrogens with one attached hydrogen (secondary N) is 2. The Morgan fingerprint density at radius 1 is 0.656 bits per heavy atom. The van der Waals surface area contributed by atoms with Crippen molar-refractivity contribution in [1.82, 2.24) is 10.6 Å². The Labute approximate surface area is 201 Å². The summed E-state index contributed by atoms with van der Waals surface area (Å²) in [7, 11) is 3.68. The summed E-state index contributed by atoms with van der Waals surface area (Å²) in [4.78, 5) is 24.4. The third-order valence-corrected chi connectivity index (χ3v) is 7.54. The van der Waals surface area contributed by atoms with Gasteiger partial charge in [-0.25, -0.2) is 0 Å². The van der Waals surface area contributed by atoms with Gasteiger partial charge in [0.05, 0.1) is 0 Å². The fourth-order valence-electron chi connectivity index (χ4n) is 5.04. The molecule has 0 amide bonds. The molecule has 4 rings (SSSR count). The molecule has 0 radical (unpaired) electrons. The number of likely N-dealkylation sites (N-methyl/N-ethyl adjacent to an activating group) is 2. The molecule has 2 aromatic rings. The lowest BCUT2D eigenvalue weighted by Gasteiger charge is -2.36. The van der Waals surface area contributed by atoms with E-state index in [9.17, 15) is 9.59 Å². The number of hydrogen-bond acceptors (Lipinski definition) is 4. The van der Waals surface area contributed by atoms with Crippen LogP contribution in [0.2, 0.25) is 10.0 Å². The van der Waals surface area contributed by atoms with Crippen molar-refractivity contribution in [3.63, 3.8) is 0 Å². The van der Waals surface area contributed by atoms with E-state index < -0.39 is 11.1 Å². The van der Waals surface area contributed by atoms with Crippen molar-refractivity contribution in [2.24, 2.45) is 0 Å². The summed E-state index contributed by atoms with van der Waals surface area (Å²) >= 11 is 12.4. The second-order valence-corrected chi connectivity index (χ2v) is 9.35. The van der Waals surface area contributed by atoms with Crippen molar-refractivity contribution in [3.05, 3.63) is 69.7 Å². The number of ketones is 2. The minimum Gasteiger partial charge on any atom is -0.304 e. The molecule has 32 heavy (non-hydrogen) atoms. The number of carbonyl (C=O) groups is 2. The first-order valence-electron chi connectivity index (χ1n) is 11.4. The lowest BCUT2D eigenvalue weighted by atomic mass is 9.75. The van der Waals surface area contributed by atoms with E-state index in [1.165, 1.54) is 0 Å². The molecule has 6 heteroatoms. The maximum atomic E-state index is 12.2. The summed E-state index contributed by atoms with van der Waals surface area (Å²) in [6.07, 6.45) is 7.09. The molecule has 0 aliphatic heterocycles. The summed E-state index contributed by atoms with van der Waals surface area (Å²) in [5.74, 6) is 0.517. The van der Waals surface area contributed by atoms with Crippen LogP contribution in [0.4, 0.5) is 0 Å². The third-order valence-electron chi connectivity index (χ3n) is 6.88. The molecule has 2 atom stereocenters. The predicted octanol–water partition coefficient (Wildman–Crippen LogP) is 5.80. The molecular weight excluding hydrogens is 443 g/mol. The largest absolute Gasteiger partial charge is 0.304 e. The van der Waals surface area contributed by atoms with Crippen LogP contribution in [0, 0.1) is 0 Å². The fourth-order valence-corrected chi connectivity index (χ4v) is 5.63. The van der Waals surface area contributed by atoms with Crippen molar-refractivity contribution < 1.29 is 9.59 Å². The second-order valence-electron chi connectivity index (χ2n) is 8.53. The van der Waals surface area contributed by atoms with Gasteiger partial charge >= 0.3 is 0 Å². The molecule has 2 N–H and O–H groups in total.